The van der Waals surface area contributed by atoms with Crippen LogP contribution in [0.2, 0.25) is 0 Å². The molecule has 1 aliphatic heterocycles. The zero-order chi connectivity index (χ0) is 17.0. The average Bonchev–Trinajstić information content (AvgIpc) is 3.01. The third kappa shape index (κ3) is 4.93. The molecule has 2 amide bonds. The van der Waals surface area contributed by atoms with E-state index in [-0.39, 0.29) is 23.5 Å². The van der Waals surface area contributed by atoms with Crippen LogP contribution in [0.3, 0.4) is 0 Å². The van der Waals surface area contributed by atoms with E-state index >= 15 is 0 Å². The molecular formula is C17H28N2O3S. The molecule has 1 saturated heterocycles. The van der Waals surface area contributed by atoms with Crippen LogP contribution in [0.4, 0.5) is 4.79 Å². The van der Waals surface area contributed by atoms with Crippen LogP contribution in [0.15, 0.2) is 17.5 Å². The summed E-state index contributed by atoms with van der Waals surface area (Å²) in [6.07, 6.45) is -0.0604. The summed E-state index contributed by atoms with van der Waals surface area (Å²) in [7, 11) is 0. The van der Waals surface area contributed by atoms with Gasteiger partial charge >= 0.3 is 6.03 Å². The van der Waals surface area contributed by atoms with Gasteiger partial charge in [-0.25, -0.2) is 4.79 Å². The van der Waals surface area contributed by atoms with E-state index in [0.29, 0.717) is 26.2 Å². The lowest BCUT2D eigenvalue weighted by Crippen LogP contribution is -2.55. The molecule has 1 aliphatic rings. The monoisotopic (exact) mass is 340 g/mol. The fourth-order valence-electron chi connectivity index (χ4n) is 2.46. The number of nitrogens with zero attached hydrogens (tertiary/aromatic N) is 1. The highest BCUT2D eigenvalue weighted by atomic mass is 32.1. The van der Waals surface area contributed by atoms with E-state index in [1.54, 1.807) is 0 Å². The second-order valence-electron chi connectivity index (χ2n) is 7.23. The number of hydrogen-bond acceptors (Lipinski definition) is 4. The second-order valence-corrected chi connectivity index (χ2v) is 8.21. The van der Waals surface area contributed by atoms with Crippen molar-refractivity contribution in [1.29, 1.82) is 0 Å². The average molecular weight is 340 g/mol. The van der Waals surface area contributed by atoms with Gasteiger partial charge in [0, 0.05) is 23.9 Å². The Morgan fingerprint density at radius 3 is 2.91 bits per heavy atom. The molecule has 3 unspecified atom stereocenters. The van der Waals surface area contributed by atoms with Gasteiger partial charge in [0.1, 0.15) is 0 Å². The lowest BCUT2D eigenvalue weighted by atomic mass is 9.88. The summed E-state index contributed by atoms with van der Waals surface area (Å²) in [6.45, 7) is 9.92. The number of carbonyl (C=O) groups excluding carboxylic acids is 1. The largest absolute Gasteiger partial charge is 0.387 e. The molecule has 23 heavy (non-hydrogen) atoms. The zero-order valence-corrected chi connectivity index (χ0v) is 15.2. The minimum absolute atomic E-state index is 0.00786. The summed E-state index contributed by atoms with van der Waals surface area (Å²) in [5.41, 5.74) is 0.00786. The smallest absolute Gasteiger partial charge is 0.318 e. The minimum Gasteiger partial charge on any atom is -0.387 e. The van der Waals surface area contributed by atoms with Gasteiger partial charge in [-0.2, -0.15) is 0 Å². The highest BCUT2D eigenvalue weighted by Gasteiger charge is 2.32. The summed E-state index contributed by atoms with van der Waals surface area (Å²) in [4.78, 5) is 15.4. The van der Waals surface area contributed by atoms with Crippen molar-refractivity contribution in [2.45, 2.75) is 52.3 Å². The first-order valence-corrected chi connectivity index (χ1v) is 9.03. The molecule has 0 bridgehead atoms. The summed E-state index contributed by atoms with van der Waals surface area (Å²) in [6, 6.07) is 3.74. The standard InChI is InChI=1S/C17H28N2O3S/c1-12(17(2,3)4)18-16(21)19-7-8-22-11-13(19)10-14(20)15-6-5-9-23-15/h5-6,9,12-14,20H,7-8,10-11H2,1-4H3,(H,18,21). The molecular weight excluding hydrogens is 312 g/mol. The first-order valence-electron chi connectivity index (χ1n) is 8.15. The van der Waals surface area contributed by atoms with Gasteiger partial charge in [0.05, 0.1) is 25.4 Å². The zero-order valence-electron chi connectivity index (χ0n) is 14.4. The molecule has 6 heteroatoms. The number of aliphatic hydroxyl groups excluding tert-OH is 1. The first-order chi connectivity index (χ1) is 10.8. The Kier molecular flexibility index (Phi) is 6.06. The summed E-state index contributed by atoms with van der Waals surface area (Å²) < 4.78 is 5.52. The van der Waals surface area contributed by atoms with Crippen molar-refractivity contribution in [2.75, 3.05) is 19.8 Å². The minimum atomic E-state index is -0.558. The second kappa shape index (κ2) is 7.64. The van der Waals surface area contributed by atoms with Crippen molar-refractivity contribution in [3.63, 3.8) is 0 Å². The first kappa shape index (κ1) is 18.2. The van der Waals surface area contributed by atoms with Crippen LogP contribution >= 0.6 is 11.3 Å². The predicted molar refractivity (Wildman–Crippen MR) is 92.7 cm³/mol. The van der Waals surface area contributed by atoms with Gasteiger partial charge in [-0.3, -0.25) is 0 Å². The fraction of sp³-hybridized carbons (Fsp3) is 0.706. The van der Waals surface area contributed by atoms with Crippen molar-refractivity contribution in [1.82, 2.24) is 10.2 Å². The number of rotatable bonds is 4. The lowest BCUT2D eigenvalue weighted by molar-refractivity contribution is -0.00754. The molecule has 2 heterocycles. The molecule has 0 aliphatic carbocycles. The predicted octanol–water partition coefficient (Wildman–Crippen LogP) is 3.02. The number of morpholine rings is 1. The fourth-order valence-corrected chi connectivity index (χ4v) is 3.18. The lowest BCUT2D eigenvalue weighted by Gasteiger charge is -2.38. The van der Waals surface area contributed by atoms with Crippen LogP contribution in [-0.2, 0) is 4.74 Å². The molecule has 0 aromatic carbocycles. The van der Waals surface area contributed by atoms with Crippen molar-refractivity contribution in [2.24, 2.45) is 5.41 Å². The number of hydrogen-bond donors (Lipinski definition) is 2. The number of nitrogens with one attached hydrogen (secondary N) is 1. The van der Waals surface area contributed by atoms with Gasteiger partial charge in [0.2, 0.25) is 0 Å². The van der Waals surface area contributed by atoms with Gasteiger partial charge in [0.25, 0.3) is 0 Å². The Hall–Kier alpha value is -1.11. The molecule has 5 nitrogen and oxygen atoms in total. The molecule has 1 aromatic rings. The molecule has 1 fully saturated rings. The Morgan fingerprint density at radius 1 is 1.57 bits per heavy atom. The van der Waals surface area contributed by atoms with E-state index in [1.165, 1.54) is 11.3 Å². The third-order valence-corrected chi connectivity index (χ3v) is 5.47. The van der Waals surface area contributed by atoms with Gasteiger partial charge < -0.3 is 20.1 Å². The van der Waals surface area contributed by atoms with Crippen molar-refractivity contribution >= 4 is 17.4 Å². The molecule has 0 spiro atoms. The maximum atomic E-state index is 12.6. The van der Waals surface area contributed by atoms with Gasteiger partial charge in [-0.05, 0) is 23.8 Å². The molecule has 0 radical (unpaired) electrons. The van der Waals surface area contributed by atoms with Crippen molar-refractivity contribution in [3.05, 3.63) is 22.4 Å². The number of amides is 2. The molecule has 0 saturated carbocycles. The van der Waals surface area contributed by atoms with E-state index in [0.717, 1.165) is 4.88 Å². The number of aliphatic hydroxyl groups is 1. The number of urea groups is 1. The van der Waals surface area contributed by atoms with Crippen molar-refractivity contribution in [3.8, 4) is 0 Å². The van der Waals surface area contributed by atoms with E-state index < -0.39 is 6.10 Å². The van der Waals surface area contributed by atoms with Gasteiger partial charge in [-0.15, -0.1) is 11.3 Å². The topological polar surface area (TPSA) is 61.8 Å². The summed E-state index contributed by atoms with van der Waals surface area (Å²) >= 11 is 1.53. The van der Waals surface area contributed by atoms with Crippen LogP contribution in [0.1, 0.15) is 45.1 Å². The van der Waals surface area contributed by atoms with E-state index in [2.05, 4.69) is 26.1 Å². The molecule has 1 aromatic heterocycles. The summed E-state index contributed by atoms with van der Waals surface area (Å²) in [5, 5.41) is 15.4. The quantitative estimate of drug-likeness (QED) is 0.886. The maximum Gasteiger partial charge on any atom is 0.318 e. The summed E-state index contributed by atoms with van der Waals surface area (Å²) in [5.74, 6) is 0. The van der Waals surface area contributed by atoms with Gasteiger partial charge in [-0.1, -0.05) is 26.8 Å². The van der Waals surface area contributed by atoms with Crippen LogP contribution in [0.5, 0.6) is 0 Å². The Bertz CT molecular complexity index is 498. The van der Waals surface area contributed by atoms with Crippen molar-refractivity contribution < 1.29 is 14.6 Å². The highest BCUT2D eigenvalue weighted by molar-refractivity contribution is 7.10. The number of ether oxygens (including phenoxy) is 1. The number of thiophene rings is 1. The van der Waals surface area contributed by atoms with E-state index in [4.69, 9.17) is 4.74 Å². The third-order valence-electron chi connectivity index (χ3n) is 4.49. The molecule has 2 rings (SSSR count). The van der Waals surface area contributed by atoms with Crippen LogP contribution in [-0.4, -0.2) is 47.9 Å². The normalized spacial score (nSPS) is 21.8. The highest BCUT2D eigenvalue weighted by Crippen LogP contribution is 2.26. The van der Waals surface area contributed by atoms with Crippen LogP contribution in [0.25, 0.3) is 0 Å². The maximum absolute atomic E-state index is 12.6. The Morgan fingerprint density at radius 2 is 2.30 bits per heavy atom. The van der Waals surface area contributed by atoms with Gasteiger partial charge in [0.15, 0.2) is 0 Å². The molecule has 2 N–H and O–H groups in total. The van der Waals surface area contributed by atoms with Crippen LogP contribution < -0.4 is 5.32 Å². The van der Waals surface area contributed by atoms with Crippen LogP contribution in [0, 0.1) is 5.41 Å². The Labute approximate surface area is 142 Å². The SMILES string of the molecule is CC(NC(=O)N1CCOCC1CC(O)c1cccs1)C(C)(C)C. The Balaban J connectivity index is 1.99. The van der Waals surface area contributed by atoms with E-state index in [1.807, 2.05) is 29.3 Å². The van der Waals surface area contributed by atoms with E-state index in [9.17, 15) is 9.90 Å². The molecule has 3 atom stereocenters. The number of carbonyl (C=O) groups is 1. The molecule has 130 valence electrons.